The molecule has 1 rings (SSSR count). The maximum atomic E-state index is 11.9. The molecule has 5 heteroatoms. The number of amides is 1. The van der Waals surface area contributed by atoms with E-state index in [1.165, 1.54) is 6.92 Å². The van der Waals surface area contributed by atoms with Crippen LogP contribution in [0, 0.1) is 0 Å². The average molecular weight is 240 g/mol. The smallest absolute Gasteiger partial charge is 0.330 e. The molecule has 1 fully saturated rings. The van der Waals surface area contributed by atoms with Crippen LogP contribution < -0.4 is 5.32 Å². The second kappa shape index (κ2) is 6.39. The Labute approximate surface area is 101 Å². The molecule has 1 saturated heterocycles. The number of rotatable bonds is 5. The molecule has 96 valence electrons. The van der Waals surface area contributed by atoms with E-state index < -0.39 is 5.97 Å². The van der Waals surface area contributed by atoms with Crippen LogP contribution in [0.4, 0.5) is 0 Å². The van der Waals surface area contributed by atoms with Crippen molar-refractivity contribution in [2.45, 2.75) is 32.7 Å². The Morgan fingerprint density at radius 2 is 2.00 bits per heavy atom. The van der Waals surface area contributed by atoms with Crippen LogP contribution in [0.1, 0.15) is 26.7 Å². The van der Waals surface area contributed by atoms with Crippen molar-refractivity contribution < 1.29 is 14.7 Å². The van der Waals surface area contributed by atoms with Crippen LogP contribution in [0.3, 0.4) is 0 Å². The average Bonchev–Trinajstić information content (AvgIpc) is 2.80. The summed E-state index contributed by atoms with van der Waals surface area (Å²) < 4.78 is 0. The zero-order valence-corrected chi connectivity index (χ0v) is 10.4. The molecule has 0 aromatic carbocycles. The van der Waals surface area contributed by atoms with Crippen molar-refractivity contribution in [2.24, 2.45) is 0 Å². The summed E-state index contributed by atoms with van der Waals surface area (Å²) >= 11 is 0. The minimum atomic E-state index is -0.926. The van der Waals surface area contributed by atoms with Gasteiger partial charge in [0.25, 0.3) is 0 Å². The van der Waals surface area contributed by atoms with E-state index >= 15 is 0 Å². The van der Waals surface area contributed by atoms with Crippen molar-refractivity contribution in [1.29, 1.82) is 0 Å². The summed E-state index contributed by atoms with van der Waals surface area (Å²) in [5, 5.41) is 11.7. The van der Waals surface area contributed by atoms with Crippen LogP contribution in [0.5, 0.6) is 0 Å². The van der Waals surface area contributed by atoms with Crippen molar-refractivity contribution in [1.82, 2.24) is 10.2 Å². The van der Waals surface area contributed by atoms with Gasteiger partial charge in [0.15, 0.2) is 0 Å². The molecule has 5 nitrogen and oxygen atoms in total. The predicted molar refractivity (Wildman–Crippen MR) is 64.7 cm³/mol. The lowest BCUT2D eigenvalue weighted by Crippen LogP contribution is -2.43. The molecule has 0 bridgehead atoms. The van der Waals surface area contributed by atoms with Gasteiger partial charge in [-0.15, -0.1) is 0 Å². The first-order valence-corrected chi connectivity index (χ1v) is 5.94. The highest BCUT2D eigenvalue weighted by molar-refractivity contribution is 5.85. The fourth-order valence-electron chi connectivity index (χ4n) is 1.77. The van der Waals surface area contributed by atoms with Gasteiger partial charge in [-0.1, -0.05) is 6.08 Å². The number of carbonyl (C=O) groups is 2. The fraction of sp³-hybridized carbons (Fsp3) is 0.667. The molecule has 0 aliphatic carbocycles. The zero-order chi connectivity index (χ0) is 12.8. The van der Waals surface area contributed by atoms with Crippen LogP contribution >= 0.6 is 0 Å². The number of nitrogens with zero attached hydrogens (tertiary/aromatic N) is 1. The number of likely N-dealkylation sites (tertiary alicyclic amines) is 1. The van der Waals surface area contributed by atoms with E-state index in [4.69, 9.17) is 5.11 Å². The minimum absolute atomic E-state index is 0.101. The molecular weight excluding hydrogens is 220 g/mol. The topological polar surface area (TPSA) is 69.6 Å². The van der Waals surface area contributed by atoms with Crippen molar-refractivity contribution in [3.05, 3.63) is 11.6 Å². The number of carbonyl (C=O) groups excluding carboxylic acids is 1. The highest BCUT2D eigenvalue weighted by Gasteiger charge is 2.22. The Morgan fingerprint density at radius 1 is 1.41 bits per heavy atom. The first-order chi connectivity index (χ1) is 8.02. The molecule has 1 aliphatic rings. The van der Waals surface area contributed by atoms with E-state index in [1.54, 1.807) is 6.08 Å². The number of carboxylic acid groups (broad SMARTS) is 1. The normalized spacial score (nSPS) is 18.2. The van der Waals surface area contributed by atoms with Gasteiger partial charge in [-0.2, -0.15) is 0 Å². The third-order valence-electron chi connectivity index (χ3n) is 2.96. The molecule has 2 N–H and O–H groups in total. The molecule has 0 saturated carbocycles. The second-order valence-corrected chi connectivity index (χ2v) is 4.35. The Morgan fingerprint density at radius 3 is 2.53 bits per heavy atom. The summed E-state index contributed by atoms with van der Waals surface area (Å²) in [7, 11) is 0. The number of nitrogens with one attached hydrogen (secondary N) is 1. The first-order valence-electron chi connectivity index (χ1n) is 5.94. The van der Waals surface area contributed by atoms with Crippen molar-refractivity contribution >= 4 is 11.9 Å². The van der Waals surface area contributed by atoms with E-state index in [0.29, 0.717) is 12.1 Å². The largest absolute Gasteiger partial charge is 0.478 e. The van der Waals surface area contributed by atoms with Gasteiger partial charge in [-0.05, 0) is 26.7 Å². The quantitative estimate of drug-likeness (QED) is 0.691. The highest BCUT2D eigenvalue weighted by Crippen LogP contribution is 2.08. The third kappa shape index (κ3) is 4.19. The van der Waals surface area contributed by atoms with Gasteiger partial charge in [-0.25, -0.2) is 4.79 Å². The van der Waals surface area contributed by atoms with Crippen molar-refractivity contribution in [2.75, 3.05) is 19.6 Å². The number of carboxylic acids is 1. The van der Waals surface area contributed by atoms with Crippen LogP contribution in [-0.4, -0.2) is 47.6 Å². The van der Waals surface area contributed by atoms with Crippen LogP contribution in [0.15, 0.2) is 11.6 Å². The first kappa shape index (κ1) is 13.7. The maximum Gasteiger partial charge on any atom is 0.330 e. The molecule has 1 unspecified atom stereocenters. The van der Waals surface area contributed by atoms with E-state index in [-0.39, 0.29) is 11.9 Å². The Balaban J connectivity index is 2.33. The number of hydrogen-bond acceptors (Lipinski definition) is 3. The summed E-state index contributed by atoms with van der Waals surface area (Å²) in [5.74, 6) is -0.825. The van der Waals surface area contributed by atoms with Crippen molar-refractivity contribution in [3.63, 3.8) is 0 Å². The minimum Gasteiger partial charge on any atom is -0.478 e. The Hall–Kier alpha value is -1.36. The fourth-order valence-corrected chi connectivity index (χ4v) is 1.77. The Bertz CT molecular complexity index is 320. The molecule has 1 amide bonds. The third-order valence-corrected chi connectivity index (χ3v) is 2.96. The monoisotopic (exact) mass is 240 g/mol. The standard InChI is InChI=1S/C12H20N2O3/c1-9(12(16)17)5-6-13-10(2)11(15)14-7-3-4-8-14/h5,10,13H,3-4,6-8H2,1-2H3,(H,16,17)/b9-5-. The lowest BCUT2D eigenvalue weighted by molar-refractivity contribution is -0.133. The lowest BCUT2D eigenvalue weighted by atomic mass is 10.2. The molecule has 0 aromatic heterocycles. The summed E-state index contributed by atoms with van der Waals surface area (Å²) in [6.45, 7) is 5.43. The van der Waals surface area contributed by atoms with Gasteiger partial charge < -0.3 is 15.3 Å². The Kier molecular flexibility index (Phi) is 5.15. The summed E-state index contributed by atoms with van der Waals surface area (Å²) in [4.78, 5) is 24.3. The second-order valence-electron chi connectivity index (χ2n) is 4.35. The molecule has 1 aliphatic heterocycles. The van der Waals surface area contributed by atoms with Gasteiger partial charge >= 0.3 is 5.97 Å². The van der Waals surface area contributed by atoms with Gasteiger partial charge in [0.05, 0.1) is 6.04 Å². The van der Waals surface area contributed by atoms with Crippen LogP contribution in [0.2, 0.25) is 0 Å². The van der Waals surface area contributed by atoms with E-state index in [0.717, 1.165) is 25.9 Å². The van der Waals surface area contributed by atoms with Crippen LogP contribution in [-0.2, 0) is 9.59 Å². The lowest BCUT2D eigenvalue weighted by Gasteiger charge is -2.20. The van der Waals surface area contributed by atoms with E-state index in [1.807, 2.05) is 11.8 Å². The molecule has 17 heavy (non-hydrogen) atoms. The predicted octanol–water partition coefficient (Wildman–Crippen LogP) is 0.618. The van der Waals surface area contributed by atoms with Gasteiger partial charge in [0, 0.05) is 25.2 Å². The SMILES string of the molecule is C/C(=C/CNC(C)C(=O)N1CCCC1)C(=O)O. The number of aliphatic carboxylic acids is 1. The van der Waals surface area contributed by atoms with Crippen molar-refractivity contribution in [3.8, 4) is 0 Å². The maximum absolute atomic E-state index is 11.9. The molecule has 1 atom stereocenters. The van der Waals surface area contributed by atoms with Gasteiger partial charge in [0.1, 0.15) is 0 Å². The molecule has 0 radical (unpaired) electrons. The number of hydrogen-bond donors (Lipinski definition) is 2. The summed E-state index contributed by atoms with van der Waals surface area (Å²) in [5.41, 5.74) is 0.290. The summed E-state index contributed by atoms with van der Waals surface area (Å²) in [6.07, 6.45) is 3.74. The highest BCUT2D eigenvalue weighted by atomic mass is 16.4. The van der Waals surface area contributed by atoms with E-state index in [9.17, 15) is 9.59 Å². The molecule has 1 heterocycles. The van der Waals surface area contributed by atoms with E-state index in [2.05, 4.69) is 5.32 Å². The summed E-state index contributed by atoms with van der Waals surface area (Å²) in [6, 6.07) is -0.258. The van der Waals surface area contributed by atoms with Crippen LogP contribution in [0.25, 0.3) is 0 Å². The zero-order valence-electron chi connectivity index (χ0n) is 10.4. The molecular formula is C12H20N2O3. The molecule has 0 spiro atoms. The van der Waals surface area contributed by atoms with Gasteiger partial charge in [-0.3, -0.25) is 4.79 Å². The molecule has 0 aromatic rings. The van der Waals surface area contributed by atoms with Gasteiger partial charge in [0.2, 0.25) is 5.91 Å².